The molecule has 1 aromatic carbocycles. The Hall–Kier alpha value is -1.64. The van der Waals surface area contributed by atoms with Gasteiger partial charge in [-0.3, -0.25) is 4.79 Å². The number of sulfonamides is 1. The number of nitrogens with one attached hydrogen (secondary N) is 2. The van der Waals surface area contributed by atoms with Crippen LogP contribution in [0, 0.1) is 11.8 Å². The lowest BCUT2D eigenvalue weighted by molar-refractivity contribution is -0.137. The fraction of sp³-hybridized carbons (Fsp3) is 0.708. The van der Waals surface area contributed by atoms with Crippen LogP contribution in [-0.2, 0) is 27.7 Å². The van der Waals surface area contributed by atoms with E-state index < -0.39 is 15.6 Å². The molecular formula is C24H39N3O4S. The third-order valence-corrected chi connectivity index (χ3v) is 7.65. The van der Waals surface area contributed by atoms with Gasteiger partial charge in [0.05, 0.1) is 12.9 Å². The number of amides is 1. The standard InChI is InChI=1S/C24H39N3O4S/c1-17(14-20-6-7-22-21(15-20)10-13-31-22)18(2)25-16-19-8-11-27(12-9-19)23(28)24(3,4)26-32(5,29)30/h6-7,15,17-19,25-26H,8-14,16H2,1-5H3. The zero-order chi connectivity index (χ0) is 23.5. The summed E-state index contributed by atoms with van der Waals surface area (Å²) in [6.45, 7) is 10.9. The molecule has 0 aromatic heterocycles. The van der Waals surface area contributed by atoms with Crippen LogP contribution >= 0.6 is 0 Å². The lowest BCUT2D eigenvalue weighted by atomic mass is 9.91. The van der Waals surface area contributed by atoms with Crippen molar-refractivity contribution in [2.45, 2.75) is 65.0 Å². The Labute approximate surface area is 193 Å². The van der Waals surface area contributed by atoms with Crippen LogP contribution in [0.1, 0.15) is 51.7 Å². The van der Waals surface area contributed by atoms with Crippen LogP contribution in [0.25, 0.3) is 0 Å². The van der Waals surface area contributed by atoms with E-state index in [0.29, 0.717) is 31.0 Å². The predicted octanol–water partition coefficient (Wildman–Crippen LogP) is 2.34. The quantitative estimate of drug-likeness (QED) is 0.585. The molecule has 1 aromatic rings. The second-order valence-corrected chi connectivity index (χ2v) is 11.9. The van der Waals surface area contributed by atoms with Crippen molar-refractivity contribution in [3.8, 4) is 5.75 Å². The zero-order valence-electron chi connectivity index (χ0n) is 20.1. The molecular weight excluding hydrogens is 426 g/mol. The highest BCUT2D eigenvalue weighted by atomic mass is 32.2. The molecule has 3 rings (SSSR count). The van der Waals surface area contributed by atoms with E-state index in [0.717, 1.165) is 50.8 Å². The van der Waals surface area contributed by atoms with E-state index in [9.17, 15) is 13.2 Å². The number of ether oxygens (including phenoxy) is 1. The summed E-state index contributed by atoms with van der Waals surface area (Å²) in [5, 5.41) is 3.71. The van der Waals surface area contributed by atoms with E-state index in [1.165, 1.54) is 11.1 Å². The van der Waals surface area contributed by atoms with Gasteiger partial charge in [0.2, 0.25) is 15.9 Å². The number of hydrogen-bond acceptors (Lipinski definition) is 5. The fourth-order valence-electron chi connectivity index (χ4n) is 4.71. The van der Waals surface area contributed by atoms with Gasteiger partial charge in [-0.15, -0.1) is 0 Å². The lowest BCUT2D eigenvalue weighted by Gasteiger charge is -2.37. The van der Waals surface area contributed by atoms with E-state index in [-0.39, 0.29) is 5.91 Å². The van der Waals surface area contributed by atoms with Gasteiger partial charge < -0.3 is 15.0 Å². The molecule has 0 spiro atoms. The Kier molecular flexibility index (Phi) is 7.89. The highest BCUT2D eigenvalue weighted by Gasteiger charge is 2.36. The maximum atomic E-state index is 12.8. The monoisotopic (exact) mass is 465 g/mol. The van der Waals surface area contributed by atoms with E-state index >= 15 is 0 Å². The number of benzene rings is 1. The minimum atomic E-state index is -3.44. The highest BCUT2D eigenvalue weighted by Crippen LogP contribution is 2.27. The molecule has 2 heterocycles. The summed E-state index contributed by atoms with van der Waals surface area (Å²) in [7, 11) is -3.44. The number of carbonyl (C=O) groups is 1. The number of hydrogen-bond donors (Lipinski definition) is 2. The van der Waals surface area contributed by atoms with Crippen molar-refractivity contribution in [3.63, 3.8) is 0 Å². The van der Waals surface area contributed by atoms with Crippen LogP contribution < -0.4 is 14.8 Å². The molecule has 32 heavy (non-hydrogen) atoms. The molecule has 2 aliphatic rings. The summed E-state index contributed by atoms with van der Waals surface area (Å²) in [6.07, 6.45) is 4.99. The summed E-state index contributed by atoms with van der Waals surface area (Å²) in [4.78, 5) is 14.6. The molecule has 1 saturated heterocycles. The second-order valence-electron chi connectivity index (χ2n) is 10.2. The molecule has 2 atom stereocenters. The maximum absolute atomic E-state index is 12.8. The molecule has 0 saturated carbocycles. The van der Waals surface area contributed by atoms with E-state index in [1.807, 2.05) is 0 Å². The number of rotatable bonds is 9. The first kappa shape index (κ1) is 25.0. The van der Waals surface area contributed by atoms with Crippen molar-refractivity contribution >= 4 is 15.9 Å². The molecule has 2 aliphatic heterocycles. The van der Waals surface area contributed by atoms with Crippen molar-refractivity contribution in [3.05, 3.63) is 29.3 Å². The Morgan fingerprint density at radius 2 is 1.94 bits per heavy atom. The summed E-state index contributed by atoms with van der Waals surface area (Å²) >= 11 is 0. The van der Waals surface area contributed by atoms with Gasteiger partial charge in [-0.05, 0) is 75.6 Å². The fourth-order valence-corrected chi connectivity index (χ4v) is 5.73. The topological polar surface area (TPSA) is 87.7 Å². The van der Waals surface area contributed by atoms with Gasteiger partial charge >= 0.3 is 0 Å². The van der Waals surface area contributed by atoms with Crippen molar-refractivity contribution in [1.82, 2.24) is 14.9 Å². The van der Waals surface area contributed by atoms with Gasteiger partial charge in [-0.2, -0.15) is 0 Å². The van der Waals surface area contributed by atoms with Gasteiger partial charge in [-0.25, -0.2) is 13.1 Å². The molecule has 1 amide bonds. The molecule has 0 radical (unpaired) electrons. The first-order valence-corrected chi connectivity index (χ1v) is 13.6. The third kappa shape index (κ3) is 6.68. The molecule has 2 N–H and O–H groups in total. The van der Waals surface area contributed by atoms with Gasteiger partial charge in [0.15, 0.2) is 0 Å². The molecule has 7 nitrogen and oxygen atoms in total. The Balaban J connectivity index is 1.41. The number of nitrogens with zero attached hydrogens (tertiary/aromatic N) is 1. The van der Waals surface area contributed by atoms with Gasteiger partial charge in [0.25, 0.3) is 0 Å². The van der Waals surface area contributed by atoms with Gasteiger partial charge in [-0.1, -0.05) is 19.1 Å². The number of likely N-dealkylation sites (tertiary alicyclic amines) is 1. The van der Waals surface area contributed by atoms with Gasteiger partial charge in [0.1, 0.15) is 11.3 Å². The Bertz CT molecular complexity index is 908. The SMILES string of the molecule is CC(Cc1ccc2c(c1)CCO2)C(C)NCC1CCN(C(=O)C(C)(C)NS(C)(=O)=O)CC1. The zero-order valence-corrected chi connectivity index (χ0v) is 20.9. The Morgan fingerprint density at radius 1 is 1.25 bits per heavy atom. The second kappa shape index (κ2) is 10.1. The largest absolute Gasteiger partial charge is 0.493 e. The smallest absolute Gasteiger partial charge is 0.243 e. The van der Waals surface area contributed by atoms with Crippen LogP contribution in [0.3, 0.4) is 0 Å². The van der Waals surface area contributed by atoms with Crippen molar-refractivity contribution in [2.24, 2.45) is 11.8 Å². The first-order chi connectivity index (χ1) is 14.9. The van der Waals surface area contributed by atoms with E-state index in [1.54, 1.807) is 18.7 Å². The average Bonchev–Trinajstić information content (AvgIpc) is 3.18. The molecule has 2 unspecified atom stereocenters. The van der Waals surface area contributed by atoms with E-state index in [2.05, 4.69) is 42.1 Å². The van der Waals surface area contributed by atoms with Crippen molar-refractivity contribution in [2.75, 3.05) is 32.5 Å². The minimum absolute atomic E-state index is 0.156. The molecule has 0 bridgehead atoms. The maximum Gasteiger partial charge on any atom is 0.243 e. The van der Waals surface area contributed by atoms with Crippen LogP contribution in [-0.4, -0.2) is 63.3 Å². The lowest BCUT2D eigenvalue weighted by Crippen LogP contribution is -2.57. The number of piperidine rings is 1. The summed E-state index contributed by atoms with van der Waals surface area (Å²) in [5.41, 5.74) is 1.57. The normalized spacial score (nSPS) is 19.3. The summed E-state index contributed by atoms with van der Waals surface area (Å²) < 4.78 is 31.2. The highest BCUT2D eigenvalue weighted by molar-refractivity contribution is 7.88. The molecule has 0 aliphatic carbocycles. The number of carbonyl (C=O) groups excluding carboxylic acids is 1. The van der Waals surface area contributed by atoms with E-state index in [4.69, 9.17) is 4.74 Å². The predicted molar refractivity (Wildman–Crippen MR) is 127 cm³/mol. The van der Waals surface area contributed by atoms with Crippen molar-refractivity contribution in [1.29, 1.82) is 0 Å². The van der Waals surface area contributed by atoms with Crippen LogP contribution in [0.2, 0.25) is 0 Å². The Morgan fingerprint density at radius 3 is 2.59 bits per heavy atom. The number of fused-ring (bicyclic) bond motifs is 1. The molecule has 1 fully saturated rings. The summed E-state index contributed by atoms with van der Waals surface area (Å²) in [6, 6.07) is 6.97. The third-order valence-electron chi connectivity index (χ3n) is 6.77. The van der Waals surface area contributed by atoms with Crippen LogP contribution in [0.5, 0.6) is 5.75 Å². The first-order valence-electron chi connectivity index (χ1n) is 11.7. The van der Waals surface area contributed by atoms with Crippen molar-refractivity contribution < 1.29 is 17.9 Å². The summed E-state index contributed by atoms with van der Waals surface area (Å²) in [5.74, 6) is 1.92. The molecule has 180 valence electrons. The van der Waals surface area contributed by atoms with Crippen LogP contribution in [0.4, 0.5) is 0 Å². The average molecular weight is 466 g/mol. The van der Waals surface area contributed by atoms with Crippen LogP contribution in [0.15, 0.2) is 18.2 Å². The molecule has 8 heteroatoms. The minimum Gasteiger partial charge on any atom is -0.493 e. The van der Waals surface area contributed by atoms with Gasteiger partial charge in [0, 0.05) is 25.6 Å².